The molecule has 0 aliphatic rings. The molecular weight excluding hydrogens is 270 g/mol. The van der Waals surface area contributed by atoms with Crippen molar-refractivity contribution < 1.29 is 9.53 Å². The number of benzene rings is 1. The number of amides is 1. The SMILES string of the molecule is CCc1cc(C(=O)NCCOc2ccccc2)sc1C. The number of para-hydroxylation sites is 1. The van der Waals surface area contributed by atoms with Crippen molar-refractivity contribution in [2.75, 3.05) is 13.2 Å². The van der Waals surface area contributed by atoms with Gasteiger partial charge in [-0.2, -0.15) is 0 Å². The van der Waals surface area contributed by atoms with Crippen LogP contribution in [0.4, 0.5) is 0 Å². The van der Waals surface area contributed by atoms with Crippen LogP contribution in [-0.4, -0.2) is 19.1 Å². The standard InChI is InChI=1S/C16H19NO2S/c1-3-13-11-15(20-12(13)2)16(18)17-9-10-19-14-7-5-4-6-8-14/h4-8,11H,3,9-10H2,1-2H3,(H,17,18). The Balaban J connectivity index is 1.77. The zero-order valence-electron chi connectivity index (χ0n) is 11.8. The molecule has 0 saturated carbocycles. The highest BCUT2D eigenvalue weighted by Gasteiger charge is 2.10. The number of carbonyl (C=O) groups excluding carboxylic acids is 1. The minimum absolute atomic E-state index is 0.0190. The van der Waals surface area contributed by atoms with Crippen molar-refractivity contribution in [2.24, 2.45) is 0 Å². The lowest BCUT2D eigenvalue weighted by molar-refractivity contribution is 0.0951. The third-order valence-electron chi connectivity index (χ3n) is 3.02. The van der Waals surface area contributed by atoms with E-state index in [0.29, 0.717) is 13.2 Å². The number of ether oxygens (including phenoxy) is 1. The Hall–Kier alpha value is -1.81. The molecule has 1 N–H and O–H groups in total. The lowest BCUT2D eigenvalue weighted by atomic mass is 10.2. The van der Waals surface area contributed by atoms with Crippen LogP contribution in [0.25, 0.3) is 0 Å². The molecule has 20 heavy (non-hydrogen) atoms. The van der Waals surface area contributed by atoms with E-state index in [9.17, 15) is 4.79 Å². The molecule has 1 aromatic carbocycles. The molecule has 2 aromatic rings. The van der Waals surface area contributed by atoms with Crippen molar-refractivity contribution in [1.82, 2.24) is 5.32 Å². The number of rotatable bonds is 6. The number of hydrogen-bond acceptors (Lipinski definition) is 3. The Morgan fingerprint density at radius 3 is 2.70 bits per heavy atom. The smallest absolute Gasteiger partial charge is 0.261 e. The first-order valence-corrected chi connectivity index (χ1v) is 7.57. The van der Waals surface area contributed by atoms with Crippen LogP contribution in [0.1, 0.15) is 27.0 Å². The van der Waals surface area contributed by atoms with Crippen LogP contribution in [0, 0.1) is 6.92 Å². The van der Waals surface area contributed by atoms with Crippen LogP contribution >= 0.6 is 11.3 Å². The van der Waals surface area contributed by atoms with Crippen LogP contribution in [-0.2, 0) is 6.42 Å². The number of nitrogens with one attached hydrogen (secondary N) is 1. The van der Waals surface area contributed by atoms with E-state index in [4.69, 9.17) is 4.74 Å². The monoisotopic (exact) mass is 289 g/mol. The first-order chi connectivity index (χ1) is 9.70. The molecule has 1 amide bonds. The van der Waals surface area contributed by atoms with E-state index in [2.05, 4.69) is 19.2 Å². The van der Waals surface area contributed by atoms with E-state index >= 15 is 0 Å². The van der Waals surface area contributed by atoms with E-state index in [-0.39, 0.29) is 5.91 Å². The van der Waals surface area contributed by atoms with Crippen molar-refractivity contribution in [3.05, 3.63) is 51.7 Å². The number of aryl methyl sites for hydroxylation is 2. The Morgan fingerprint density at radius 1 is 1.30 bits per heavy atom. The summed E-state index contributed by atoms with van der Waals surface area (Å²) in [5.74, 6) is 0.802. The predicted octanol–water partition coefficient (Wildman–Crippen LogP) is 3.43. The molecule has 3 nitrogen and oxygen atoms in total. The quantitative estimate of drug-likeness (QED) is 0.827. The summed E-state index contributed by atoms with van der Waals surface area (Å²) in [6.07, 6.45) is 0.965. The van der Waals surface area contributed by atoms with Gasteiger partial charge in [0.1, 0.15) is 12.4 Å². The molecule has 0 radical (unpaired) electrons. The van der Waals surface area contributed by atoms with Crippen LogP contribution in [0.15, 0.2) is 36.4 Å². The summed E-state index contributed by atoms with van der Waals surface area (Å²) < 4.78 is 5.53. The fourth-order valence-corrected chi connectivity index (χ4v) is 2.95. The van der Waals surface area contributed by atoms with E-state index in [0.717, 1.165) is 17.0 Å². The van der Waals surface area contributed by atoms with Crippen molar-refractivity contribution in [1.29, 1.82) is 0 Å². The summed E-state index contributed by atoms with van der Waals surface area (Å²) in [5, 5.41) is 2.88. The Bertz CT molecular complexity index is 563. The normalized spacial score (nSPS) is 10.3. The summed E-state index contributed by atoms with van der Waals surface area (Å²) in [5.41, 5.74) is 1.25. The second-order valence-electron chi connectivity index (χ2n) is 4.46. The summed E-state index contributed by atoms with van der Waals surface area (Å²) >= 11 is 1.55. The van der Waals surface area contributed by atoms with E-state index < -0.39 is 0 Å². The fraction of sp³-hybridized carbons (Fsp3) is 0.312. The van der Waals surface area contributed by atoms with E-state index in [1.165, 1.54) is 10.4 Å². The van der Waals surface area contributed by atoms with Gasteiger partial charge in [-0.25, -0.2) is 0 Å². The zero-order chi connectivity index (χ0) is 14.4. The number of hydrogen-bond donors (Lipinski definition) is 1. The summed E-state index contributed by atoms with van der Waals surface area (Å²) in [6.45, 7) is 5.14. The maximum absolute atomic E-state index is 12.0. The van der Waals surface area contributed by atoms with Gasteiger partial charge in [-0.05, 0) is 37.1 Å². The second-order valence-corrected chi connectivity index (χ2v) is 5.72. The van der Waals surface area contributed by atoms with E-state index in [1.54, 1.807) is 11.3 Å². The molecule has 1 aromatic heterocycles. The topological polar surface area (TPSA) is 38.3 Å². The molecule has 4 heteroatoms. The van der Waals surface area contributed by atoms with Gasteiger partial charge in [-0.15, -0.1) is 11.3 Å². The highest BCUT2D eigenvalue weighted by atomic mass is 32.1. The van der Waals surface area contributed by atoms with E-state index in [1.807, 2.05) is 36.4 Å². The average Bonchev–Trinajstić information content (AvgIpc) is 2.86. The fourth-order valence-electron chi connectivity index (χ4n) is 1.92. The third-order valence-corrected chi connectivity index (χ3v) is 4.12. The van der Waals surface area contributed by atoms with Gasteiger partial charge in [-0.3, -0.25) is 4.79 Å². The highest BCUT2D eigenvalue weighted by molar-refractivity contribution is 7.14. The molecule has 1 heterocycles. The van der Waals surface area contributed by atoms with Crippen LogP contribution in [0.2, 0.25) is 0 Å². The van der Waals surface area contributed by atoms with Gasteiger partial charge in [0, 0.05) is 4.88 Å². The van der Waals surface area contributed by atoms with Gasteiger partial charge in [0.25, 0.3) is 5.91 Å². The van der Waals surface area contributed by atoms with Gasteiger partial charge < -0.3 is 10.1 Å². The Morgan fingerprint density at radius 2 is 2.05 bits per heavy atom. The maximum Gasteiger partial charge on any atom is 0.261 e. The first kappa shape index (κ1) is 14.6. The first-order valence-electron chi connectivity index (χ1n) is 6.76. The number of thiophene rings is 1. The van der Waals surface area contributed by atoms with Crippen molar-refractivity contribution >= 4 is 17.2 Å². The lowest BCUT2D eigenvalue weighted by Gasteiger charge is -2.06. The lowest BCUT2D eigenvalue weighted by Crippen LogP contribution is -2.27. The maximum atomic E-state index is 12.0. The van der Waals surface area contributed by atoms with Crippen LogP contribution < -0.4 is 10.1 Å². The highest BCUT2D eigenvalue weighted by Crippen LogP contribution is 2.21. The molecule has 0 atom stereocenters. The molecule has 2 rings (SSSR count). The van der Waals surface area contributed by atoms with Crippen LogP contribution in [0.3, 0.4) is 0 Å². The second kappa shape index (κ2) is 7.10. The third kappa shape index (κ3) is 3.84. The minimum atomic E-state index is -0.0190. The summed E-state index contributed by atoms with van der Waals surface area (Å²) in [6, 6.07) is 11.6. The largest absolute Gasteiger partial charge is 0.492 e. The summed E-state index contributed by atoms with van der Waals surface area (Å²) in [4.78, 5) is 14.0. The average molecular weight is 289 g/mol. The minimum Gasteiger partial charge on any atom is -0.492 e. The molecule has 0 spiro atoms. The van der Waals surface area contributed by atoms with Crippen molar-refractivity contribution in [2.45, 2.75) is 20.3 Å². The molecule has 0 aliphatic carbocycles. The molecule has 0 fully saturated rings. The van der Waals surface area contributed by atoms with Crippen molar-refractivity contribution in [3.63, 3.8) is 0 Å². The molecular formula is C16H19NO2S. The summed E-state index contributed by atoms with van der Waals surface area (Å²) in [7, 11) is 0. The molecule has 0 aliphatic heterocycles. The van der Waals surface area contributed by atoms with Crippen molar-refractivity contribution in [3.8, 4) is 5.75 Å². The van der Waals surface area contributed by atoms with Crippen LogP contribution in [0.5, 0.6) is 5.75 Å². The van der Waals surface area contributed by atoms with Gasteiger partial charge in [0.2, 0.25) is 0 Å². The van der Waals surface area contributed by atoms with Gasteiger partial charge >= 0.3 is 0 Å². The van der Waals surface area contributed by atoms with Gasteiger partial charge in [0.15, 0.2) is 0 Å². The molecule has 0 bridgehead atoms. The molecule has 0 saturated heterocycles. The number of carbonyl (C=O) groups is 1. The Kier molecular flexibility index (Phi) is 5.18. The molecule has 0 unspecified atom stereocenters. The zero-order valence-corrected chi connectivity index (χ0v) is 12.6. The molecule has 106 valence electrons. The Labute approximate surface area is 123 Å². The predicted molar refractivity (Wildman–Crippen MR) is 82.7 cm³/mol. The van der Waals surface area contributed by atoms with Gasteiger partial charge in [-0.1, -0.05) is 25.1 Å². The van der Waals surface area contributed by atoms with Gasteiger partial charge in [0.05, 0.1) is 11.4 Å².